The number of carbonyl (C=O) groups is 1. The first-order chi connectivity index (χ1) is 10.0. The smallest absolute Gasteiger partial charge is 0.319 e. The summed E-state index contributed by atoms with van der Waals surface area (Å²) in [6.07, 6.45) is 0.813. The summed E-state index contributed by atoms with van der Waals surface area (Å²) in [4.78, 5) is 11.8. The summed E-state index contributed by atoms with van der Waals surface area (Å²) in [5, 5.41) is 5.71. The van der Waals surface area contributed by atoms with Gasteiger partial charge in [0.15, 0.2) is 0 Å². The molecule has 4 heteroatoms. The van der Waals surface area contributed by atoms with E-state index in [2.05, 4.69) is 33.5 Å². The summed E-state index contributed by atoms with van der Waals surface area (Å²) in [5.74, 6) is 0. The van der Waals surface area contributed by atoms with Crippen LogP contribution in [0.15, 0.2) is 46.9 Å². The van der Waals surface area contributed by atoms with Gasteiger partial charge in [0.25, 0.3) is 0 Å². The number of hydrogen-bond donors (Lipinski definition) is 2. The summed E-state index contributed by atoms with van der Waals surface area (Å²) in [6, 6.07) is 13.8. The van der Waals surface area contributed by atoms with E-state index in [0.29, 0.717) is 6.54 Å². The van der Waals surface area contributed by atoms with E-state index in [9.17, 15) is 4.79 Å². The van der Waals surface area contributed by atoms with Crippen LogP contribution in [-0.4, -0.2) is 12.6 Å². The van der Waals surface area contributed by atoms with Crippen molar-refractivity contribution in [3.63, 3.8) is 0 Å². The van der Waals surface area contributed by atoms with E-state index in [1.807, 2.05) is 49.4 Å². The molecule has 110 valence electrons. The molecule has 0 fully saturated rings. The number of anilines is 1. The Morgan fingerprint density at radius 1 is 1.05 bits per heavy atom. The Balaban J connectivity index is 1.79. The lowest BCUT2D eigenvalue weighted by Crippen LogP contribution is -2.30. The number of carbonyl (C=O) groups excluding carboxylic acids is 1. The zero-order valence-electron chi connectivity index (χ0n) is 12.2. The van der Waals surface area contributed by atoms with Gasteiger partial charge < -0.3 is 10.6 Å². The monoisotopic (exact) mass is 346 g/mol. The highest BCUT2D eigenvalue weighted by Crippen LogP contribution is 2.14. The number of benzene rings is 2. The van der Waals surface area contributed by atoms with E-state index in [0.717, 1.165) is 16.6 Å². The van der Waals surface area contributed by atoms with E-state index >= 15 is 0 Å². The van der Waals surface area contributed by atoms with Crippen molar-refractivity contribution in [2.75, 3.05) is 11.9 Å². The Labute approximate surface area is 133 Å². The molecule has 0 aliphatic rings. The predicted molar refractivity (Wildman–Crippen MR) is 90.8 cm³/mol. The van der Waals surface area contributed by atoms with Crippen LogP contribution in [0.4, 0.5) is 10.5 Å². The summed E-state index contributed by atoms with van der Waals surface area (Å²) >= 11 is 3.41. The van der Waals surface area contributed by atoms with Gasteiger partial charge >= 0.3 is 6.03 Å². The molecule has 2 rings (SSSR count). The van der Waals surface area contributed by atoms with Crippen molar-refractivity contribution in [1.82, 2.24) is 5.32 Å². The van der Waals surface area contributed by atoms with E-state index in [1.165, 1.54) is 16.7 Å². The minimum atomic E-state index is -0.171. The minimum absolute atomic E-state index is 0.171. The van der Waals surface area contributed by atoms with Crippen molar-refractivity contribution in [2.24, 2.45) is 0 Å². The Morgan fingerprint density at radius 2 is 1.76 bits per heavy atom. The van der Waals surface area contributed by atoms with Crippen LogP contribution >= 0.6 is 15.9 Å². The number of amides is 2. The highest BCUT2D eigenvalue weighted by Gasteiger charge is 2.02. The van der Waals surface area contributed by atoms with Crippen molar-refractivity contribution >= 4 is 27.6 Å². The third-order valence-corrected chi connectivity index (χ3v) is 3.91. The molecule has 0 aromatic heterocycles. The maximum atomic E-state index is 11.8. The molecule has 0 heterocycles. The second-order valence-electron chi connectivity index (χ2n) is 5.06. The first-order valence-corrected chi connectivity index (χ1v) is 7.70. The van der Waals surface area contributed by atoms with Crippen molar-refractivity contribution in [1.29, 1.82) is 0 Å². The third-order valence-electron chi connectivity index (χ3n) is 3.38. The third kappa shape index (κ3) is 4.90. The van der Waals surface area contributed by atoms with Crippen molar-refractivity contribution in [2.45, 2.75) is 20.3 Å². The molecule has 21 heavy (non-hydrogen) atoms. The van der Waals surface area contributed by atoms with Gasteiger partial charge in [-0.25, -0.2) is 4.79 Å². The first-order valence-electron chi connectivity index (χ1n) is 6.91. The van der Waals surface area contributed by atoms with Crippen LogP contribution in [0, 0.1) is 13.8 Å². The zero-order chi connectivity index (χ0) is 15.2. The van der Waals surface area contributed by atoms with Crippen LogP contribution in [-0.2, 0) is 6.42 Å². The maximum Gasteiger partial charge on any atom is 0.319 e. The topological polar surface area (TPSA) is 41.1 Å². The van der Waals surface area contributed by atoms with Crippen LogP contribution in [0.2, 0.25) is 0 Å². The number of aryl methyl sites for hydroxylation is 2. The van der Waals surface area contributed by atoms with Crippen LogP contribution in [0.3, 0.4) is 0 Å². The Bertz CT molecular complexity index is 623. The van der Waals surface area contributed by atoms with Gasteiger partial charge in [-0.1, -0.05) is 34.1 Å². The zero-order valence-corrected chi connectivity index (χ0v) is 13.8. The van der Waals surface area contributed by atoms with Gasteiger partial charge in [0.05, 0.1) is 0 Å². The van der Waals surface area contributed by atoms with E-state index in [4.69, 9.17) is 0 Å². The molecule has 2 aromatic carbocycles. The van der Waals surface area contributed by atoms with Gasteiger partial charge in [-0.2, -0.15) is 0 Å². The number of rotatable bonds is 4. The van der Waals surface area contributed by atoms with Crippen molar-refractivity contribution in [3.8, 4) is 0 Å². The molecular weight excluding hydrogens is 328 g/mol. The van der Waals surface area contributed by atoms with Crippen molar-refractivity contribution in [3.05, 3.63) is 63.6 Å². The summed E-state index contributed by atoms with van der Waals surface area (Å²) in [6.45, 7) is 4.70. The standard InChI is InChI=1S/C17H19BrN2O/c1-12-3-8-16(11-13(12)2)20-17(21)19-10-9-14-4-6-15(18)7-5-14/h3-8,11H,9-10H2,1-2H3,(H2,19,20,21). The molecular formula is C17H19BrN2O. The molecule has 2 amide bonds. The van der Waals surface area contributed by atoms with Crippen LogP contribution in [0.25, 0.3) is 0 Å². The van der Waals surface area contributed by atoms with Crippen LogP contribution < -0.4 is 10.6 Å². The Hall–Kier alpha value is -1.81. The normalized spacial score (nSPS) is 10.2. The maximum absolute atomic E-state index is 11.8. The fraction of sp³-hybridized carbons (Fsp3) is 0.235. The molecule has 0 atom stereocenters. The summed E-state index contributed by atoms with van der Waals surface area (Å²) < 4.78 is 1.06. The minimum Gasteiger partial charge on any atom is -0.338 e. The molecule has 3 nitrogen and oxygen atoms in total. The lowest BCUT2D eigenvalue weighted by molar-refractivity contribution is 0.252. The van der Waals surface area contributed by atoms with E-state index in [1.54, 1.807) is 0 Å². The molecule has 0 radical (unpaired) electrons. The molecule has 2 N–H and O–H groups in total. The highest BCUT2D eigenvalue weighted by molar-refractivity contribution is 9.10. The lowest BCUT2D eigenvalue weighted by Gasteiger charge is -2.09. The second-order valence-corrected chi connectivity index (χ2v) is 5.97. The molecule has 0 saturated carbocycles. The van der Waals surface area contributed by atoms with Gasteiger partial charge in [0.1, 0.15) is 0 Å². The SMILES string of the molecule is Cc1ccc(NC(=O)NCCc2ccc(Br)cc2)cc1C. The summed E-state index contributed by atoms with van der Waals surface area (Å²) in [7, 11) is 0. The quantitative estimate of drug-likeness (QED) is 0.844. The molecule has 2 aromatic rings. The van der Waals surface area contributed by atoms with Crippen LogP contribution in [0.1, 0.15) is 16.7 Å². The second kappa shape index (κ2) is 7.27. The average molecular weight is 347 g/mol. The fourth-order valence-electron chi connectivity index (χ4n) is 1.97. The van der Waals surface area contributed by atoms with E-state index < -0.39 is 0 Å². The summed E-state index contributed by atoms with van der Waals surface area (Å²) in [5.41, 5.74) is 4.41. The predicted octanol–water partition coefficient (Wildman–Crippen LogP) is 4.43. The number of nitrogens with one attached hydrogen (secondary N) is 2. The fourth-order valence-corrected chi connectivity index (χ4v) is 2.23. The van der Waals surface area contributed by atoms with Crippen LogP contribution in [0.5, 0.6) is 0 Å². The largest absolute Gasteiger partial charge is 0.338 e. The number of hydrogen-bond acceptors (Lipinski definition) is 1. The number of urea groups is 1. The molecule has 0 saturated heterocycles. The van der Waals surface area contributed by atoms with Gasteiger partial charge in [-0.15, -0.1) is 0 Å². The number of halogens is 1. The van der Waals surface area contributed by atoms with Gasteiger partial charge in [-0.3, -0.25) is 0 Å². The Morgan fingerprint density at radius 3 is 2.43 bits per heavy atom. The van der Waals surface area contributed by atoms with E-state index in [-0.39, 0.29) is 6.03 Å². The molecule has 0 aliphatic heterocycles. The first kappa shape index (κ1) is 15.6. The van der Waals surface area contributed by atoms with Gasteiger partial charge in [0.2, 0.25) is 0 Å². The molecule has 0 bridgehead atoms. The lowest BCUT2D eigenvalue weighted by atomic mass is 10.1. The van der Waals surface area contributed by atoms with Gasteiger partial charge in [0, 0.05) is 16.7 Å². The van der Waals surface area contributed by atoms with Crippen molar-refractivity contribution < 1.29 is 4.79 Å². The van der Waals surface area contributed by atoms with Gasteiger partial charge in [-0.05, 0) is 61.2 Å². The highest BCUT2D eigenvalue weighted by atomic mass is 79.9. The molecule has 0 aliphatic carbocycles. The molecule has 0 unspecified atom stereocenters. The Kier molecular flexibility index (Phi) is 5.39. The molecule has 0 spiro atoms. The average Bonchev–Trinajstić information content (AvgIpc) is 2.45.